The van der Waals surface area contributed by atoms with Gasteiger partial charge < -0.3 is 5.11 Å². The number of aliphatic carboxylic acids is 1. The van der Waals surface area contributed by atoms with Crippen LogP contribution in [0.3, 0.4) is 0 Å². The van der Waals surface area contributed by atoms with Crippen LogP contribution in [0.5, 0.6) is 0 Å². The van der Waals surface area contributed by atoms with Gasteiger partial charge >= 0.3 is 5.97 Å². The van der Waals surface area contributed by atoms with Crippen molar-refractivity contribution in [2.24, 2.45) is 5.92 Å². The van der Waals surface area contributed by atoms with Crippen LogP contribution in [0.2, 0.25) is 0 Å². The highest BCUT2D eigenvalue weighted by molar-refractivity contribution is 5.70. The Morgan fingerprint density at radius 2 is 2.22 bits per heavy atom. The molecule has 18 heavy (non-hydrogen) atoms. The molecular weight excluding hydrogens is 230 g/mol. The summed E-state index contributed by atoms with van der Waals surface area (Å²) in [6.07, 6.45) is 4.31. The Bertz CT molecular complexity index is 587. The number of fused-ring (bicyclic) bond motifs is 1. The number of nitrogens with zero attached hydrogens (tertiary/aromatic N) is 3. The normalized spacial score (nSPS) is 11.3. The fourth-order valence-corrected chi connectivity index (χ4v) is 2.12. The lowest BCUT2D eigenvalue weighted by molar-refractivity contribution is -0.136. The van der Waals surface area contributed by atoms with Crippen molar-refractivity contribution in [1.29, 1.82) is 0 Å². The summed E-state index contributed by atoms with van der Waals surface area (Å²) >= 11 is 0. The molecule has 0 aliphatic heterocycles. The molecule has 0 aromatic carbocycles. The number of rotatable bonds is 4. The molecule has 1 N–H and O–H groups in total. The van der Waals surface area contributed by atoms with Gasteiger partial charge in [-0.2, -0.15) is 0 Å². The van der Waals surface area contributed by atoms with Gasteiger partial charge in [-0.1, -0.05) is 13.8 Å². The Hall–Kier alpha value is -1.91. The summed E-state index contributed by atoms with van der Waals surface area (Å²) < 4.78 is 1.79. The minimum Gasteiger partial charge on any atom is -0.481 e. The number of carbonyl (C=O) groups is 1. The predicted octanol–water partition coefficient (Wildman–Crippen LogP) is 1.86. The van der Waals surface area contributed by atoms with E-state index in [1.54, 1.807) is 10.7 Å². The second-order valence-electron chi connectivity index (χ2n) is 4.92. The monoisotopic (exact) mass is 247 g/mol. The first-order chi connectivity index (χ1) is 8.49. The van der Waals surface area contributed by atoms with E-state index in [9.17, 15) is 4.79 Å². The zero-order chi connectivity index (χ0) is 13.3. The molecule has 0 amide bonds. The summed E-state index contributed by atoms with van der Waals surface area (Å²) in [5.41, 5.74) is 3.35. The van der Waals surface area contributed by atoms with Gasteiger partial charge in [0.25, 0.3) is 0 Å². The van der Waals surface area contributed by atoms with E-state index in [0.717, 1.165) is 23.3 Å². The Kier molecular flexibility index (Phi) is 3.32. The lowest BCUT2D eigenvalue weighted by Crippen LogP contribution is -2.06. The molecule has 96 valence electrons. The van der Waals surface area contributed by atoms with Crippen LogP contribution >= 0.6 is 0 Å². The van der Waals surface area contributed by atoms with Crippen LogP contribution < -0.4 is 0 Å². The molecule has 0 saturated carbocycles. The van der Waals surface area contributed by atoms with E-state index in [-0.39, 0.29) is 6.42 Å². The Balaban J connectivity index is 2.55. The molecule has 0 spiro atoms. The highest BCUT2D eigenvalue weighted by Gasteiger charge is 2.15. The maximum Gasteiger partial charge on any atom is 0.309 e. The number of carboxylic acids is 1. The maximum atomic E-state index is 10.9. The van der Waals surface area contributed by atoms with Crippen LogP contribution in [0.4, 0.5) is 0 Å². The summed E-state index contributed by atoms with van der Waals surface area (Å²) in [5.74, 6) is -0.341. The molecule has 0 bridgehead atoms. The van der Waals surface area contributed by atoms with E-state index in [0.29, 0.717) is 11.6 Å². The van der Waals surface area contributed by atoms with Crippen LogP contribution in [0.1, 0.15) is 30.8 Å². The third-order valence-corrected chi connectivity index (χ3v) is 2.86. The minimum atomic E-state index is -0.853. The number of carboxylic acid groups (broad SMARTS) is 1. The van der Waals surface area contributed by atoms with Crippen molar-refractivity contribution in [3.05, 3.63) is 29.5 Å². The third kappa shape index (κ3) is 2.34. The molecule has 2 heterocycles. The second-order valence-corrected chi connectivity index (χ2v) is 4.92. The molecule has 5 heteroatoms. The summed E-state index contributed by atoms with van der Waals surface area (Å²) in [7, 11) is 0. The van der Waals surface area contributed by atoms with Gasteiger partial charge in [0.05, 0.1) is 17.8 Å². The predicted molar refractivity (Wildman–Crippen MR) is 67.6 cm³/mol. The average molecular weight is 247 g/mol. The number of hydrogen-bond acceptors (Lipinski definition) is 3. The quantitative estimate of drug-likeness (QED) is 0.895. The molecule has 0 fully saturated rings. The topological polar surface area (TPSA) is 67.5 Å². The standard InChI is InChI=1S/C13H17N3O2/c1-8(2)4-10-6-14-7-16-11(5-12(17)18)9(3)15-13(10)16/h6-8H,4-5H2,1-3H3,(H,17,18). The van der Waals surface area contributed by atoms with E-state index < -0.39 is 5.97 Å². The van der Waals surface area contributed by atoms with Crippen LogP contribution in [0, 0.1) is 12.8 Å². The molecule has 2 aromatic heterocycles. The van der Waals surface area contributed by atoms with Crippen LogP contribution in [0.15, 0.2) is 12.5 Å². The van der Waals surface area contributed by atoms with Crippen molar-refractivity contribution in [2.75, 3.05) is 0 Å². The molecule has 0 aliphatic carbocycles. The van der Waals surface area contributed by atoms with Crippen molar-refractivity contribution >= 4 is 11.6 Å². The molecular formula is C13H17N3O2. The summed E-state index contributed by atoms with van der Waals surface area (Å²) in [4.78, 5) is 19.5. The minimum absolute atomic E-state index is 0.0280. The zero-order valence-electron chi connectivity index (χ0n) is 10.8. The van der Waals surface area contributed by atoms with Gasteiger partial charge in [0.2, 0.25) is 0 Å². The third-order valence-electron chi connectivity index (χ3n) is 2.86. The zero-order valence-corrected chi connectivity index (χ0v) is 10.8. The van der Waals surface area contributed by atoms with E-state index in [2.05, 4.69) is 23.8 Å². The fourth-order valence-electron chi connectivity index (χ4n) is 2.12. The van der Waals surface area contributed by atoms with E-state index in [4.69, 9.17) is 5.11 Å². The van der Waals surface area contributed by atoms with Crippen molar-refractivity contribution < 1.29 is 9.90 Å². The number of aromatic nitrogens is 3. The van der Waals surface area contributed by atoms with Gasteiger partial charge in [-0.3, -0.25) is 9.20 Å². The van der Waals surface area contributed by atoms with Crippen molar-refractivity contribution in [2.45, 2.75) is 33.6 Å². The van der Waals surface area contributed by atoms with Gasteiger partial charge in [-0.15, -0.1) is 0 Å². The lowest BCUT2D eigenvalue weighted by atomic mass is 10.1. The van der Waals surface area contributed by atoms with E-state index in [1.165, 1.54) is 0 Å². The van der Waals surface area contributed by atoms with Crippen LogP contribution in [-0.2, 0) is 17.6 Å². The average Bonchev–Trinajstić information content (AvgIpc) is 2.56. The number of imidazole rings is 1. The summed E-state index contributed by atoms with van der Waals surface area (Å²) in [5, 5.41) is 8.92. The van der Waals surface area contributed by atoms with Crippen molar-refractivity contribution in [3.63, 3.8) is 0 Å². The lowest BCUT2D eigenvalue weighted by Gasteiger charge is -2.06. The molecule has 5 nitrogen and oxygen atoms in total. The molecule has 0 saturated heterocycles. The highest BCUT2D eigenvalue weighted by atomic mass is 16.4. The van der Waals surface area contributed by atoms with Crippen LogP contribution in [0.25, 0.3) is 5.65 Å². The largest absolute Gasteiger partial charge is 0.481 e. The first-order valence-corrected chi connectivity index (χ1v) is 6.01. The molecule has 0 aliphatic rings. The van der Waals surface area contributed by atoms with Crippen molar-refractivity contribution in [1.82, 2.24) is 14.4 Å². The molecule has 0 atom stereocenters. The van der Waals surface area contributed by atoms with Crippen LogP contribution in [-0.4, -0.2) is 25.4 Å². The first kappa shape index (κ1) is 12.5. The fraction of sp³-hybridized carbons (Fsp3) is 0.462. The highest BCUT2D eigenvalue weighted by Crippen LogP contribution is 2.18. The van der Waals surface area contributed by atoms with Crippen molar-refractivity contribution in [3.8, 4) is 0 Å². The van der Waals surface area contributed by atoms with E-state index >= 15 is 0 Å². The molecule has 2 rings (SSSR count). The Morgan fingerprint density at radius 3 is 2.83 bits per heavy atom. The smallest absolute Gasteiger partial charge is 0.309 e. The van der Waals surface area contributed by atoms with Gasteiger partial charge in [0.15, 0.2) is 0 Å². The second kappa shape index (κ2) is 4.76. The van der Waals surface area contributed by atoms with Gasteiger partial charge in [-0.05, 0) is 19.3 Å². The van der Waals surface area contributed by atoms with Gasteiger partial charge in [0.1, 0.15) is 12.0 Å². The Morgan fingerprint density at radius 1 is 1.50 bits per heavy atom. The first-order valence-electron chi connectivity index (χ1n) is 6.01. The summed E-state index contributed by atoms with van der Waals surface area (Å²) in [6.45, 7) is 6.11. The molecule has 2 aromatic rings. The van der Waals surface area contributed by atoms with E-state index in [1.807, 2.05) is 13.1 Å². The van der Waals surface area contributed by atoms with Gasteiger partial charge in [-0.25, -0.2) is 9.97 Å². The summed E-state index contributed by atoms with van der Waals surface area (Å²) in [6, 6.07) is 0. The Labute approximate surface area is 105 Å². The number of hydrogen-bond donors (Lipinski definition) is 1. The maximum absolute atomic E-state index is 10.9. The molecule has 0 unspecified atom stereocenters. The van der Waals surface area contributed by atoms with Gasteiger partial charge in [0, 0.05) is 11.8 Å². The SMILES string of the molecule is Cc1nc2c(CC(C)C)cncn2c1CC(=O)O. The molecule has 0 radical (unpaired) electrons. The number of aryl methyl sites for hydroxylation is 1.